The van der Waals surface area contributed by atoms with Gasteiger partial charge in [-0.05, 0) is 37.0 Å². The quantitative estimate of drug-likeness (QED) is 0.803. The molecule has 0 aromatic heterocycles. The molecule has 2 atom stereocenters. The normalized spacial score (nSPS) is 18.2. The van der Waals surface area contributed by atoms with Crippen LogP contribution in [0, 0.1) is 5.92 Å². The average Bonchev–Trinajstić information content (AvgIpc) is 3.12. The first-order chi connectivity index (χ1) is 8.52. The summed E-state index contributed by atoms with van der Waals surface area (Å²) in [5, 5.41) is 0.194. The van der Waals surface area contributed by atoms with E-state index in [4.69, 9.17) is 27.9 Å². The molecule has 0 heterocycles. The monoisotopic (exact) mass is 306 g/mol. The molecule has 98 valence electrons. The Hall–Kier alpha value is -0.580. The van der Waals surface area contributed by atoms with Crippen LogP contribution in [0.15, 0.2) is 23.1 Å². The lowest BCUT2D eigenvalue weighted by Crippen LogP contribution is -2.29. The van der Waals surface area contributed by atoms with Crippen LogP contribution in [0.1, 0.15) is 12.8 Å². The Labute approximate surface area is 118 Å². The van der Waals surface area contributed by atoms with E-state index in [1.165, 1.54) is 7.11 Å². The summed E-state index contributed by atoms with van der Waals surface area (Å²) in [4.78, 5) is 12.2. The largest absolute Gasteiger partial charge is 0.468 e. The Morgan fingerprint density at radius 3 is 2.33 bits per heavy atom. The van der Waals surface area contributed by atoms with Crippen molar-refractivity contribution in [3.05, 3.63) is 28.2 Å². The third-order valence-corrected chi connectivity index (χ3v) is 4.96. The van der Waals surface area contributed by atoms with Gasteiger partial charge in [0.25, 0.3) is 0 Å². The van der Waals surface area contributed by atoms with Crippen molar-refractivity contribution in [2.45, 2.75) is 23.0 Å². The molecule has 3 nitrogen and oxygen atoms in total. The number of halogens is 2. The molecule has 6 heteroatoms. The van der Waals surface area contributed by atoms with Gasteiger partial charge >= 0.3 is 5.97 Å². The van der Waals surface area contributed by atoms with Crippen molar-refractivity contribution in [1.29, 1.82) is 0 Å². The molecule has 0 aliphatic heterocycles. The number of ether oxygens (including phenoxy) is 1. The second-order valence-electron chi connectivity index (χ2n) is 4.18. The summed E-state index contributed by atoms with van der Waals surface area (Å²) in [6.07, 6.45) is 1.81. The minimum atomic E-state index is -1.48. The van der Waals surface area contributed by atoms with E-state index in [-0.39, 0.29) is 5.92 Å². The van der Waals surface area contributed by atoms with Crippen LogP contribution < -0.4 is 0 Å². The average molecular weight is 307 g/mol. The van der Waals surface area contributed by atoms with Crippen LogP contribution in [-0.4, -0.2) is 22.5 Å². The summed E-state index contributed by atoms with van der Waals surface area (Å²) < 4.78 is 17.1. The highest BCUT2D eigenvalue weighted by Crippen LogP contribution is 2.38. The third-order valence-electron chi connectivity index (χ3n) is 2.78. The number of hydrogen-bond donors (Lipinski definition) is 0. The van der Waals surface area contributed by atoms with Crippen molar-refractivity contribution in [3.63, 3.8) is 0 Å². The Balaban J connectivity index is 2.30. The van der Waals surface area contributed by atoms with E-state index < -0.39 is 22.0 Å². The van der Waals surface area contributed by atoms with Crippen molar-refractivity contribution in [1.82, 2.24) is 0 Å². The lowest BCUT2D eigenvalue weighted by Gasteiger charge is -2.13. The molecule has 0 N–H and O–H groups in total. The number of rotatable bonds is 4. The van der Waals surface area contributed by atoms with Gasteiger partial charge in [0, 0.05) is 14.9 Å². The number of methoxy groups -OCH3 is 1. The first kappa shape index (κ1) is 13.8. The topological polar surface area (TPSA) is 43.4 Å². The Bertz CT molecular complexity index is 480. The van der Waals surface area contributed by atoms with E-state index in [2.05, 4.69) is 0 Å². The zero-order chi connectivity index (χ0) is 13.3. The molecule has 1 aromatic rings. The third kappa shape index (κ3) is 3.05. The highest BCUT2D eigenvalue weighted by atomic mass is 35.5. The first-order valence-electron chi connectivity index (χ1n) is 5.47. The van der Waals surface area contributed by atoms with Gasteiger partial charge in [-0.15, -0.1) is 0 Å². The predicted octanol–water partition coefficient (Wildman–Crippen LogP) is 3.05. The van der Waals surface area contributed by atoms with Crippen molar-refractivity contribution < 1.29 is 13.7 Å². The zero-order valence-corrected chi connectivity index (χ0v) is 12.0. The van der Waals surface area contributed by atoms with Gasteiger partial charge < -0.3 is 4.74 Å². The van der Waals surface area contributed by atoms with E-state index in [1.807, 2.05) is 0 Å². The molecule has 0 spiro atoms. The molecule has 0 amide bonds. The summed E-state index contributed by atoms with van der Waals surface area (Å²) in [5.41, 5.74) is 0. The maximum Gasteiger partial charge on any atom is 0.322 e. The zero-order valence-electron chi connectivity index (χ0n) is 9.69. The molecule has 2 rings (SSSR count). The molecule has 0 saturated heterocycles. The number of carbonyl (C=O) groups is 1. The fourth-order valence-electron chi connectivity index (χ4n) is 1.76. The van der Waals surface area contributed by atoms with Crippen molar-refractivity contribution in [2.24, 2.45) is 5.92 Å². The maximum atomic E-state index is 12.4. The lowest BCUT2D eigenvalue weighted by molar-refractivity contribution is -0.140. The molecular weight excluding hydrogens is 295 g/mol. The number of benzene rings is 1. The molecule has 0 bridgehead atoms. The van der Waals surface area contributed by atoms with E-state index in [0.717, 1.165) is 12.8 Å². The van der Waals surface area contributed by atoms with Gasteiger partial charge in [-0.1, -0.05) is 23.2 Å². The van der Waals surface area contributed by atoms with Gasteiger partial charge in [0.2, 0.25) is 0 Å². The summed E-state index contributed by atoms with van der Waals surface area (Å²) >= 11 is 11.7. The molecule has 1 aromatic carbocycles. The number of esters is 1. The standard InChI is InChI=1S/C12H12Cl2O3S/c1-17-12(15)11(7-2-3-7)18(16)10-5-8(13)4-9(14)6-10/h4-7,11H,2-3H2,1H3. The van der Waals surface area contributed by atoms with E-state index in [1.54, 1.807) is 18.2 Å². The molecular formula is C12H12Cl2O3S. The fourth-order valence-corrected chi connectivity index (χ4v) is 4.09. The maximum absolute atomic E-state index is 12.4. The molecule has 1 aliphatic rings. The number of hydrogen-bond acceptors (Lipinski definition) is 3. The van der Waals surface area contributed by atoms with Crippen LogP contribution in [0.4, 0.5) is 0 Å². The second-order valence-corrected chi connectivity index (χ2v) is 6.63. The van der Waals surface area contributed by atoms with Gasteiger partial charge in [0.05, 0.1) is 17.9 Å². The molecule has 1 fully saturated rings. The highest BCUT2D eigenvalue weighted by Gasteiger charge is 2.41. The summed E-state index contributed by atoms with van der Waals surface area (Å²) in [6.45, 7) is 0. The predicted molar refractivity (Wildman–Crippen MR) is 71.4 cm³/mol. The van der Waals surface area contributed by atoms with E-state index in [9.17, 15) is 9.00 Å². The van der Waals surface area contributed by atoms with Gasteiger partial charge in [-0.3, -0.25) is 9.00 Å². The van der Waals surface area contributed by atoms with Gasteiger partial charge in [0.1, 0.15) is 5.25 Å². The molecule has 18 heavy (non-hydrogen) atoms. The Morgan fingerprint density at radius 2 is 1.89 bits per heavy atom. The first-order valence-corrected chi connectivity index (χ1v) is 7.44. The second kappa shape index (κ2) is 5.59. The summed E-state index contributed by atoms with van der Waals surface area (Å²) in [7, 11) is -0.177. The molecule has 0 radical (unpaired) electrons. The summed E-state index contributed by atoms with van der Waals surface area (Å²) in [5.74, 6) is -0.303. The van der Waals surface area contributed by atoms with E-state index in [0.29, 0.717) is 14.9 Å². The summed E-state index contributed by atoms with van der Waals surface area (Å²) in [6, 6.07) is 4.71. The molecule has 2 unspecified atom stereocenters. The Kier molecular flexibility index (Phi) is 4.30. The molecule has 1 saturated carbocycles. The van der Waals surface area contributed by atoms with Gasteiger partial charge in [-0.25, -0.2) is 0 Å². The fraction of sp³-hybridized carbons (Fsp3) is 0.417. The van der Waals surface area contributed by atoms with Crippen LogP contribution in [0.25, 0.3) is 0 Å². The van der Waals surface area contributed by atoms with Crippen LogP contribution >= 0.6 is 23.2 Å². The lowest BCUT2D eigenvalue weighted by atomic mass is 10.3. The van der Waals surface area contributed by atoms with Crippen LogP contribution in [-0.2, 0) is 20.3 Å². The minimum absolute atomic E-state index is 0.135. The SMILES string of the molecule is COC(=O)C(C1CC1)S(=O)c1cc(Cl)cc(Cl)c1. The molecule has 1 aliphatic carbocycles. The van der Waals surface area contributed by atoms with Crippen LogP contribution in [0.2, 0.25) is 10.0 Å². The smallest absolute Gasteiger partial charge is 0.322 e. The Morgan fingerprint density at radius 1 is 1.33 bits per heavy atom. The van der Waals surface area contributed by atoms with Gasteiger partial charge in [0.15, 0.2) is 0 Å². The minimum Gasteiger partial charge on any atom is -0.468 e. The van der Waals surface area contributed by atoms with E-state index >= 15 is 0 Å². The van der Waals surface area contributed by atoms with Crippen LogP contribution in [0.3, 0.4) is 0 Å². The number of carbonyl (C=O) groups excluding carboxylic acids is 1. The van der Waals surface area contributed by atoms with Crippen molar-refractivity contribution >= 4 is 40.0 Å². The highest BCUT2D eigenvalue weighted by molar-refractivity contribution is 7.86. The van der Waals surface area contributed by atoms with Crippen molar-refractivity contribution in [3.8, 4) is 0 Å². The van der Waals surface area contributed by atoms with Crippen LogP contribution in [0.5, 0.6) is 0 Å². The van der Waals surface area contributed by atoms with Crippen molar-refractivity contribution in [2.75, 3.05) is 7.11 Å². The van der Waals surface area contributed by atoms with Gasteiger partial charge in [-0.2, -0.15) is 0 Å².